The summed E-state index contributed by atoms with van der Waals surface area (Å²) in [7, 11) is 0. The third kappa shape index (κ3) is 5.04. The fourth-order valence-electron chi connectivity index (χ4n) is 2.91. The second kappa shape index (κ2) is 6.36. The lowest BCUT2D eigenvalue weighted by Gasteiger charge is -2.37. The molecule has 4 nitrogen and oxygen atoms in total. The molecule has 0 aromatic rings. The molecule has 1 aliphatic carbocycles. The van der Waals surface area contributed by atoms with Crippen LogP contribution in [-0.2, 0) is 0 Å². The number of rotatable bonds is 5. The van der Waals surface area contributed by atoms with Crippen molar-refractivity contribution < 1.29 is 0 Å². The Bertz CT molecular complexity index is 252. The molecule has 0 bridgehead atoms. The van der Waals surface area contributed by atoms with Crippen molar-refractivity contribution in [1.29, 1.82) is 0 Å². The Morgan fingerprint density at radius 1 is 1.29 bits per heavy atom. The summed E-state index contributed by atoms with van der Waals surface area (Å²) >= 11 is 0. The van der Waals surface area contributed by atoms with Crippen LogP contribution in [0.2, 0.25) is 0 Å². The first-order valence-corrected chi connectivity index (χ1v) is 6.71. The van der Waals surface area contributed by atoms with E-state index in [0.717, 1.165) is 18.1 Å². The van der Waals surface area contributed by atoms with E-state index in [1.807, 2.05) is 6.92 Å². The maximum Gasteiger partial charge on any atom is 0.142 e. The van der Waals surface area contributed by atoms with Crippen LogP contribution in [0.3, 0.4) is 0 Å². The van der Waals surface area contributed by atoms with Crippen molar-refractivity contribution in [3.8, 4) is 0 Å². The number of hydrogen-bond acceptors (Lipinski definition) is 4. The van der Waals surface area contributed by atoms with Crippen molar-refractivity contribution in [2.24, 2.45) is 27.9 Å². The summed E-state index contributed by atoms with van der Waals surface area (Å²) in [6, 6.07) is 0. The van der Waals surface area contributed by atoms with Gasteiger partial charge in [0, 0.05) is 5.71 Å². The van der Waals surface area contributed by atoms with E-state index in [1.54, 1.807) is 0 Å². The maximum atomic E-state index is 5.41. The van der Waals surface area contributed by atoms with Gasteiger partial charge in [-0.3, -0.25) is 16.9 Å². The van der Waals surface area contributed by atoms with Crippen molar-refractivity contribution in [2.45, 2.75) is 65.6 Å². The van der Waals surface area contributed by atoms with E-state index in [9.17, 15) is 0 Å². The molecule has 0 aliphatic heterocycles. The van der Waals surface area contributed by atoms with Gasteiger partial charge in [0.1, 0.15) is 6.29 Å². The molecule has 5 N–H and O–H groups in total. The average Bonchev–Trinajstić information content (AvgIpc) is 2.27. The van der Waals surface area contributed by atoms with Crippen molar-refractivity contribution in [3.05, 3.63) is 0 Å². The molecule has 1 saturated carbocycles. The number of nitrogens with one attached hydrogen (secondary N) is 1. The van der Waals surface area contributed by atoms with Crippen LogP contribution in [0, 0.1) is 11.3 Å². The Hall–Kier alpha value is -0.610. The Morgan fingerprint density at radius 3 is 2.41 bits per heavy atom. The summed E-state index contributed by atoms with van der Waals surface area (Å²) in [6.45, 7) is 6.74. The highest BCUT2D eigenvalue weighted by Gasteiger charge is 2.30. The van der Waals surface area contributed by atoms with E-state index < -0.39 is 6.29 Å². The summed E-state index contributed by atoms with van der Waals surface area (Å²) < 4.78 is 0. The Labute approximate surface area is 105 Å². The van der Waals surface area contributed by atoms with Gasteiger partial charge in [0.2, 0.25) is 0 Å². The van der Waals surface area contributed by atoms with Gasteiger partial charge in [-0.25, -0.2) is 0 Å². The molecule has 1 aliphatic rings. The van der Waals surface area contributed by atoms with Gasteiger partial charge in [0.15, 0.2) is 0 Å². The van der Waals surface area contributed by atoms with E-state index in [2.05, 4.69) is 24.4 Å². The number of nitrogens with zero attached hydrogens (tertiary/aromatic N) is 1. The molecule has 1 rings (SSSR count). The third-order valence-electron chi connectivity index (χ3n) is 3.83. The molecular formula is C13H28N4. The Morgan fingerprint density at radius 2 is 1.88 bits per heavy atom. The highest BCUT2D eigenvalue weighted by Crippen LogP contribution is 2.40. The van der Waals surface area contributed by atoms with Crippen molar-refractivity contribution in [1.82, 2.24) is 5.43 Å². The minimum absolute atomic E-state index is 0.328. The predicted molar refractivity (Wildman–Crippen MR) is 73.4 cm³/mol. The van der Waals surface area contributed by atoms with Crippen LogP contribution in [-0.4, -0.2) is 12.0 Å². The molecule has 0 saturated heterocycles. The van der Waals surface area contributed by atoms with Gasteiger partial charge in [0.25, 0.3) is 0 Å². The van der Waals surface area contributed by atoms with Crippen LogP contribution in [0.5, 0.6) is 0 Å². The maximum absolute atomic E-state index is 5.41. The number of nitrogens with two attached hydrogens (primary N) is 2. The molecule has 0 spiro atoms. The van der Waals surface area contributed by atoms with E-state index in [4.69, 9.17) is 11.5 Å². The van der Waals surface area contributed by atoms with Crippen molar-refractivity contribution in [2.75, 3.05) is 0 Å². The monoisotopic (exact) mass is 240 g/mol. The Balaban J connectivity index is 2.49. The van der Waals surface area contributed by atoms with E-state index in [0.29, 0.717) is 5.41 Å². The fraction of sp³-hybridized carbons (Fsp3) is 0.923. The largest absolute Gasteiger partial charge is 0.298 e. The topological polar surface area (TPSA) is 76.4 Å². The van der Waals surface area contributed by atoms with Gasteiger partial charge >= 0.3 is 0 Å². The molecule has 4 heteroatoms. The summed E-state index contributed by atoms with van der Waals surface area (Å²) in [5.74, 6) is 0.827. The molecule has 0 unspecified atom stereocenters. The lowest BCUT2D eigenvalue weighted by atomic mass is 9.69. The standard InChI is InChI=1S/C13H28N4/c1-10(16-17-12(14)15)9-13(2,3)11-7-5-4-6-8-11/h11-12,17H,4-9,14-15H2,1-3H3/b16-10+. The van der Waals surface area contributed by atoms with Crippen LogP contribution in [0.15, 0.2) is 5.10 Å². The molecule has 0 radical (unpaired) electrons. The van der Waals surface area contributed by atoms with Crippen LogP contribution in [0.4, 0.5) is 0 Å². The first-order valence-electron chi connectivity index (χ1n) is 6.71. The molecule has 0 aromatic carbocycles. The zero-order valence-corrected chi connectivity index (χ0v) is 11.5. The molecule has 1 fully saturated rings. The van der Waals surface area contributed by atoms with E-state index in [-0.39, 0.29) is 0 Å². The SMILES string of the molecule is C/C(CC(C)(C)C1CCCCC1)=N\NC(N)N. The van der Waals surface area contributed by atoms with Crippen molar-refractivity contribution >= 4 is 5.71 Å². The van der Waals surface area contributed by atoms with Gasteiger partial charge in [0.05, 0.1) is 0 Å². The Kier molecular flexibility index (Phi) is 5.40. The third-order valence-corrected chi connectivity index (χ3v) is 3.83. The molecular weight excluding hydrogens is 212 g/mol. The van der Waals surface area contributed by atoms with Crippen LogP contribution in [0.25, 0.3) is 0 Å². The zero-order chi connectivity index (χ0) is 12.9. The second-order valence-corrected chi connectivity index (χ2v) is 6.00. The molecule has 100 valence electrons. The molecule has 0 atom stereocenters. The second-order valence-electron chi connectivity index (χ2n) is 6.00. The normalized spacial score (nSPS) is 19.8. The quantitative estimate of drug-likeness (QED) is 0.391. The predicted octanol–water partition coefficient (Wildman–Crippen LogP) is 2.15. The van der Waals surface area contributed by atoms with Gasteiger partial charge in [-0.15, -0.1) is 0 Å². The minimum atomic E-state index is -0.567. The summed E-state index contributed by atoms with van der Waals surface area (Å²) in [5, 5.41) is 4.22. The number of hydrogen-bond donors (Lipinski definition) is 3. The molecule has 0 amide bonds. The van der Waals surface area contributed by atoms with Gasteiger partial charge < -0.3 is 0 Å². The molecule has 17 heavy (non-hydrogen) atoms. The number of hydrazone groups is 1. The van der Waals surface area contributed by atoms with E-state index >= 15 is 0 Å². The highest BCUT2D eigenvalue weighted by molar-refractivity contribution is 5.82. The first kappa shape index (κ1) is 14.5. The zero-order valence-electron chi connectivity index (χ0n) is 11.5. The lowest BCUT2D eigenvalue weighted by molar-refractivity contribution is 0.165. The summed E-state index contributed by atoms with van der Waals surface area (Å²) in [6.07, 6.45) is 7.35. The first-order chi connectivity index (χ1) is 7.92. The van der Waals surface area contributed by atoms with E-state index in [1.165, 1.54) is 32.1 Å². The van der Waals surface area contributed by atoms with Crippen LogP contribution < -0.4 is 16.9 Å². The molecule has 0 heterocycles. The van der Waals surface area contributed by atoms with Crippen LogP contribution in [0.1, 0.15) is 59.3 Å². The lowest BCUT2D eigenvalue weighted by Crippen LogP contribution is -2.42. The van der Waals surface area contributed by atoms with Gasteiger partial charge in [-0.1, -0.05) is 33.1 Å². The summed E-state index contributed by atoms with van der Waals surface area (Å²) in [5.41, 5.74) is 14.9. The smallest absolute Gasteiger partial charge is 0.142 e. The average molecular weight is 240 g/mol. The van der Waals surface area contributed by atoms with Gasteiger partial charge in [-0.2, -0.15) is 5.10 Å². The summed E-state index contributed by atoms with van der Waals surface area (Å²) in [4.78, 5) is 0. The van der Waals surface area contributed by atoms with Gasteiger partial charge in [-0.05, 0) is 37.5 Å². The fourth-order valence-corrected chi connectivity index (χ4v) is 2.91. The highest BCUT2D eigenvalue weighted by atomic mass is 15.4. The molecule has 0 aromatic heterocycles. The van der Waals surface area contributed by atoms with Crippen molar-refractivity contribution in [3.63, 3.8) is 0 Å². The van der Waals surface area contributed by atoms with Crippen LogP contribution >= 0.6 is 0 Å². The minimum Gasteiger partial charge on any atom is -0.298 e.